The van der Waals surface area contributed by atoms with Crippen molar-refractivity contribution in [3.63, 3.8) is 0 Å². The van der Waals surface area contributed by atoms with Crippen LogP contribution < -0.4 is 10.1 Å². The predicted octanol–water partition coefficient (Wildman–Crippen LogP) is 3.02. The van der Waals surface area contributed by atoms with Crippen LogP contribution in [0.1, 0.15) is 23.1 Å². The van der Waals surface area contributed by atoms with Crippen molar-refractivity contribution in [3.8, 4) is 5.75 Å². The molecule has 0 aliphatic carbocycles. The van der Waals surface area contributed by atoms with Crippen LogP contribution in [0.25, 0.3) is 11.0 Å². The van der Waals surface area contributed by atoms with Gasteiger partial charge in [0, 0.05) is 24.8 Å². The fraction of sp³-hybridized carbons (Fsp3) is 0.190. The average molecular weight is 376 g/mol. The first-order valence-electron chi connectivity index (χ1n) is 8.89. The zero-order valence-electron chi connectivity index (χ0n) is 15.6. The van der Waals surface area contributed by atoms with Crippen molar-refractivity contribution in [3.05, 3.63) is 78.0 Å². The van der Waals surface area contributed by atoms with E-state index in [1.807, 2.05) is 66.3 Å². The molecule has 1 unspecified atom stereocenters. The number of carbonyl (C=O) groups excluding carboxylic acids is 1. The molecule has 0 spiro atoms. The lowest BCUT2D eigenvalue weighted by atomic mass is 10.0. The van der Waals surface area contributed by atoms with Gasteiger partial charge in [-0.25, -0.2) is 4.98 Å². The van der Waals surface area contributed by atoms with Gasteiger partial charge in [-0.2, -0.15) is 0 Å². The molecule has 0 saturated carbocycles. The van der Waals surface area contributed by atoms with Crippen molar-refractivity contribution in [2.24, 2.45) is 7.05 Å². The van der Waals surface area contributed by atoms with E-state index in [4.69, 9.17) is 9.26 Å². The topological polar surface area (TPSA) is 82.2 Å². The molecular weight excluding hydrogens is 356 g/mol. The monoisotopic (exact) mass is 376 g/mol. The molecule has 4 rings (SSSR count). The highest BCUT2D eigenvalue weighted by atomic mass is 16.5. The number of benzene rings is 2. The van der Waals surface area contributed by atoms with Crippen molar-refractivity contribution in [2.45, 2.75) is 12.5 Å². The van der Waals surface area contributed by atoms with E-state index >= 15 is 0 Å². The number of ether oxygens (including phenoxy) is 1. The number of hydrogen-bond acceptors (Lipinski definition) is 5. The van der Waals surface area contributed by atoms with Crippen molar-refractivity contribution in [1.82, 2.24) is 20.0 Å². The Balaban J connectivity index is 1.62. The van der Waals surface area contributed by atoms with E-state index in [0.717, 1.165) is 16.8 Å². The van der Waals surface area contributed by atoms with E-state index in [1.54, 1.807) is 13.3 Å². The fourth-order valence-corrected chi connectivity index (χ4v) is 3.20. The summed E-state index contributed by atoms with van der Waals surface area (Å²) >= 11 is 0. The molecule has 7 nitrogen and oxygen atoms in total. The van der Waals surface area contributed by atoms with Crippen molar-refractivity contribution < 1.29 is 14.1 Å². The Morgan fingerprint density at radius 3 is 2.89 bits per heavy atom. The molecule has 142 valence electrons. The number of hydrogen-bond donors (Lipinski definition) is 1. The third kappa shape index (κ3) is 3.46. The lowest BCUT2D eigenvalue weighted by molar-refractivity contribution is -0.121. The standard InChI is InChI=1S/C21H20N4O3/c1-25-11-10-22-21(25)20(14-6-5-7-15(12-14)27-2)23-19(26)13-17-16-8-3-4-9-18(16)28-24-17/h3-12,20H,13H2,1-2H3,(H,23,26). The van der Waals surface area contributed by atoms with Crippen LogP contribution in [0, 0.1) is 0 Å². The van der Waals surface area contributed by atoms with Gasteiger partial charge in [-0.3, -0.25) is 4.79 Å². The zero-order chi connectivity index (χ0) is 19.5. The molecule has 1 amide bonds. The number of fused-ring (bicyclic) bond motifs is 1. The highest BCUT2D eigenvalue weighted by molar-refractivity contribution is 5.86. The molecule has 28 heavy (non-hydrogen) atoms. The number of carbonyl (C=O) groups is 1. The molecule has 0 aliphatic heterocycles. The maximum Gasteiger partial charge on any atom is 0.227 e. The summed E-state index contributed by atoms with van der Waals surface area (Å²) in [5.41, 5.74) is 2.16. The minimum atomic E-state index is -0.416. The number of aromatic nitrogens is 3. The first kappa shape index (κ1) is 17.8. The minimum absolute atomic E-state index is 0.113. The Morgan fingerprint density at radius 1 is 1.25 bits per heavy atom. The number of methoxy groups -OCH3 is 1. The first-order valence-corrected chi connectivity index (χ1v) is 8.89. The number of amides is 1. The first-order chi connectivity index (χ1) is 13.7. The van der Waals surface area contributed by atoms with E-state index in [2.05, 4.69) is 15.5 Å². The lowest BCUT2D eigenvalue weighted by Gasteiger charge is -2.19. The molecule has 0 fully saturated rings. The molecule has 7 heteroatoms. The van der Waals surface area contributed by atoms with Gasteiger partial charge in [0.15, 0.2) is 5.58 Å². The van der Waals surface area contributed by atoms with E-state index in [1.165, 1.54) is 0 Å². The van der Waals surface area contributed by atoms with Gasteiger partial charge in [-0.1, -0.05) is 29.4 Å². The van der Waals surface area contributed by atoms with Gasteiger partial charge in [-0.05, 0) is 29.8 Å². The Morgan fingerprint density at radius 2 is 2.11 bits per heavy atom. The SMILES string of the molecule is COc1cccc(C(NC(=O)Cc2noc3ccccc23)c2nccn2C)c1. The number of imidazole rings is 1. The summed E-state index contributed by atoms with van der Waals surface area (Å²) in [7, 11) is 3.51. The lowest BCUT2D eigenvalue weighted by Crippen LogP contribution is -2.32. The smallest absolute Gasteiger partial charge is 0.227 e. The van der Waals surface area contributed by atoms with Crippen LogP contribution in [0.5, 0.6) is 5.75 Å². The molecule has 0 saturated heterocycles. The van der Waals surface area contributed by atoms with Crippen LogP contribution in [0.3, 0.4) is 0 Å². The summed E-state index contributed by atoms with van der Waals surface area (Å²) in [5.74, 6) is 1.27. The maximum atomic E-state index is 12.8. The van der Waals surface area contributed by atoms with Gasteiger partial charge in [-0.15, -0.1) is 0 Å². The molecular formula is C21H20N4O3. The van der Waals surface area contributed by atoms with Crippen LogP contribution in [-0.4, -0.2) is 27.7 Å². The summed E-state index contributed by atoms with van der Waals surface area (Å²) < 4.78 is 12.5. The second-order valence-electron chi connectivity index (χ2n) is 6.48. The van der Waals surface area contributed by atoms with E-state index in [-0.39, 0.29) is 12.3 Å². The Labute approximate surface area is 161 Å². The molecule has 1 atom stereocenters. The Kier molecular flexibility index (Phi) is 4.80. The van der Waals surface area contributed by atoms with Gasteiger partial charge in [0.1, 0.15) is 23.3 Å². The van der Waals surface area contributed by atoms with Crippen molar-refractivity contribution in [2.75, 3.05) is 7.11 Å². The third-order valence-corrected chi connectivity index (χ3v) is 4.63. The van der Waals surface area contributed by atoms with Gasteiger partial charge in [0.05, 0.1) is 13.5 Å². The summed E-state index contributed by atoms with van der Waals surface area (Å²) in [4.78, 5) is 17.3. The predicted molar refractivity (Wildman–Crippen MR) is 104 cm³/mol. The van der Waals surface area contributed by atoms with Crippen LogP contribution in [0.4, 0.5) is 0 Å². The summed E-state index contributed by atoms with van der Waals surface area (Å²) in [6.07, 6.45) is 3.67. The van der Waals surface area contributed by atoms with Gasteiger partial charge in [0.25, 0.3) is 0 Å². The second-order valence-corrected chi connectivity index (χ2v) is 6.48. The van der Waals surface area contributed by atoms with Crippen LogP contribution in [-0.2, 0) is 18.3 Å². The summed E-state index contributed by atoms with van der Waals surface area (Å²) in [6, 6.07) is 14.7. The third-order valence-electron chi connectivity index (χ3n) is 4.63. The van der Waals surface area contributed by atoms with Gasteiger partial charge >= 0.3 is 0 Å². The normalized spacial score (nSPS) is 12.1. The average Bonchev–Trinajstić information content (AvgIpc) is 3.32. The highest BCUT2D eigenvalue weighted by Crippen LogP contribution is 2.25. The molecule has 4 aromatic rings. The van der Waals surface area contributed by atoms with Crippen molar-refractivity contribution in [1.29, 1.82) is 0 Å². The molecule has 0 bridgehead atoms. The maximum absolute atomic E-state index is 12.8. The molecule has 0 radical (unpaired) electrons. The Hall–Kier alpha value is -3.61. The molecule has 2 aromatic heterocycles. The largest absolute Gasteiger partial charge is 0.497 e. The van der Waals surface area contributed by atoms with E-state index < -0.39 is 6.04 Å². The fourth-order valence-electron chi connectivity index (χ4n) is 3.20. The number of nitrogens with one attached hydrogen (secondary N) is 1. The molecule has 2 heterocycles. The zero-order valence-corrected chi connectivity index (χ0v) is 15.6. The second kappa shape index (κ2) is 7.56. The number of aryl methyl sites for hydroxylation is 1. The number of para-hydroxylation sites is 1. The van der Waals surface area contributed by atoms with Gasteiger partial charge in [0.2, 0.25) is 5.91 Å². The van der Waals surface area contributed by atoms with Crippen molar-refractivity contribution >= 4 is 16.9 Å². The van der Waals surface area contributed by atoms with Crippen LogP contribution >= 0.6 is 0 Å². The van der Waals surface area contributed by atoms with E-state index in [9.17, 15) is 4.79 Å². The minimum Gasteiger partial charge on any atom is -0.497 e. The van der Waals surface area contributed by atoms with Crippen LogP contribution in [0.2, 0.25) is 0 Å². The quantitative estimate of drug-likeness (QED) is 0.559. The van der Waals surface area contributed by atoms with Crippen LogP contribution in [0.15, 0.2) is 65.4 Å². The Bertz CT molecular complexity index is 1120. The summed E-state index contributed by atoms with van der Waals surface area (Å²) in [5, 5.41) is 7.96. The molecule has 0 aliphatic rings. The summed E-state index contributed by atoms with van der Waals surface area (Å²) in [6.45, 7) is 0. The molecule has 1 N–H and O–H groups in total. The highest BCUT2D eigenvalue weighted by Gasteiger charge is 2.22. The van der Waals surface area contributed by atoms with E-state index in [0.29, 0.717) is 17.0 Å². The number of rotatable bonds is 6. The number of nitrogens with zero attached hydrogens (tertiary/aromatic N) is 3. The molecule has 2 aromatic carbocycles. The van der Waals surface area contributed by atoms with Gasteiger partial charge < -0.3 is 19.1 Å².